The highest BCUT2D eigenvalue weighted by atomic mass is 32.2. The summed E-state index contributed by atoms with van der Waals surface area (Å²) in [5, 5.41) is 18.6. The van der Waals surface area contributed by atoms with Crippen LogP contribution in [-0.4, -0.2) is 16.2 Å². The van der Waals surface area contributed by atoms with Crippen LogP contribution >= 0.6 is 11.9 Å². The minimum atomic E-state index is -1.25. The fraction of sp³-hybridized carbons (Fsp3) is 0. The van der Waals surface area contributed by atoms with Gasteiger partial charge in [0.15, 0.2) is 0 Å². The molecular weight excluding hydrogens is 360 g/mol. The van der Waals surface area contributed by atoms with Gasteiger partial charge in [-0.1, -0.05) is 30.3 Å². The molecule has 0 amide bonds. The van der Waals surface area contributed by atoms with E-state index < -0.39 is 23.4 Å². The predicted octanol–water partition coefficient (Wildman–Crippen LogP) is 5.15. The van der Waals surface area contributed by atoms with Gasteiger partial charge < -0.3 is 14.9 Å². The summed E-state index contributed by atoms with van der Waals surface area (Å²) in [5.74, 6) is -3.06. The number of aromatic hydroxyl groups is 1. The van der Waals surface area contributed by atoms with Gasteiger partial charge in [-0.05, 0) is 35.7 Å². The molecule has 3 rings (SSSR count). The molecule has 0 atom stereocenters. The molecule has 132 valence electrons. The molecule has 0 saturated heterocycles. The van der Waals surface area contributed by atoms with Crippen LogP contribution < -0.4 is 4.72 Å². The van der Waals surface area contributed by atoms with Gasteiger partial charge in [-0.25, -0.2) is 13.6 Å². The Hall–Kier alpha value is -3.06. The predicted molar refractivity (Wildman–Crippen MR) is 96.3 cm³/mol. The van der Waals surface area contributed by atoms with Gasteiger partial charge in [-0.3, -0.25) is 0 Å². The molecule has 0 aromatic heterocycles. The van der Waals surface area contributed by atoms with E-state index in [-0.39, 0.29) is 16.0 Å². The van der Waals surface area contributed by atoms with Gasteiger partial charge in [0.1, 0.15) is 22.9 Å². The quantitative estimate of drug-likeness (QED) is 0.539. The van der Waals surface area contributed by atoms with Crippen molar-refractivity contribution < 1.29 is 23.8 Å². The van der Waals surface area contributed by atoms with Gasteiger partial charge >= 0.3 is 5.97 Å². The number of halogens is 2. The molecule has 4 nitrogen and oxygen atoms in total. The van der Waals surface area contributed by atoms with E-state index in [0.29, 0.717) is 11.3 Å². The maximum atomic E-state index is 14.1. The molecule has 0 spiro atoms. The van der Waals surface area contributed by atoms with Crippen molar-refractivity contribution in [1.29, 1.82) is 0 Å². The van der Waals surface area contributed by atoms with Gasteiger partial charge in [-0.15, -0.1) is 0 Å². The largest absolute Gasteiger partial charge is 0.507 e. The third kappa shape index (κ3) is 3.78. The Morgan fingerprint density at radius 2 is 1.69 bits per heavy atom. The summed E-state index contributed by atoms with van der Waals surface area (Å²) in [7, 11) is 0. The zero-order valence-corrected chi connectivity index (χ0v) is 14.1. The van der Waals surface area contributed by atoms with Crippen LogP contribution in [0.3, 0.4) is 0 Å². The number of carbonyl (C=O) groups is 1. The van der Waals surface area contributed by atoms with E-state index in [0.717, 1.165) is 18.0 Å². The lowest BCUT2D eigenvalue weighted by atomic mass is 10.1. The van der Waals surface area contributed by atoms with E-state index in [2.05, 4.69) is 4.72 Å². The van der Waals surface area contributed by atoms with Gasteiger partial charge in [0, 0.05) is 23.4 Å². The van der Waals surface area contributed by atoms with Crippen molar-refractivity contribution in [2.24, 2.45) is 0 Å². The number of phenols is 1. The molecule has 3 aromatic rings. The van der Waals surface area contributed by atoms with Crippen molar-refractivity contribution in [2.45, 2.75) is 4.90 Å². The third-order valence-corrected chi connectivity index (χ3v) is 4.48. The van der Waals surface area contributed by atoms with E-state index >= 15 is 0 Å². The maximum absolute atomic E-state index is 14.1. The van der Waals surface area contributed by atoms with Crippen LogP contribution in [0.5, 0.6) is 5.75 Å². The monoisotopic (exact) mass is 373 g/mol. The Kier molecular flexibility index (Phi) is 5.09. The molecule has 3 aromatic carbocycles. The maximum Gasteiger partial charge on any atom is 0.339 e. The molecule has 0 fully saturated rings. The van der Waals surface area contributed by atoms with Crippen molar-refractivity contribution in [3.63, 3.8) is 0 Å². The lowest BCUT2D eigenvalue weighted by molar-refractivity contribution is 0.0694. The van der Waals surface area contributed by atoms with E-state index in [1.54, 1.807) is 30.3 Å². The van der Waals surface area contributed by atoms with E-state index in [1.807, 2.05) is 0 Å². The number of hydrogen-bond donors (Lipinski definition) is 3. The summed E-state index contributed by atoms with van der Waals surface area (Å²) in [5.41, 5.74) is 1.03. The Balaban J connectivity index is 1.84. The van der Waals surface area contributed by atoms with Crippen molar-refractivity contribution >= 4 is 23.6 Å². The van der Waals surface area contributed by atoms with Gasteiger partial charge in [0.2, 0.25) is 0 Å². The van der Waals surface area contributed by atoms with Crippen LogP contribution in [0, 0.1) is 11.6 Å². The second-order valence-electron chi connectivity index (χ2n) is 5.37. The van der Waals surface area contributed by atoms with Crippen LogP contribution in [0.2, 0.25) is 0 Å². The molecule has 0 bridgehead atoms. The number of carboxylic acid groups (broad SMARTS) is 1. The highest BCUT2D eigenvalue weighted by Gasteiger charge is 2.13. The number of carboxylic acids is 1. The molecule has 7 heteroatoms. The molecular formula is C19H13F2NO3S. The Bertz CT molecular complexity index is 964. The molecule has 26 heavy (non-hydrogen) atoms. The average molecular weight is 373 g/mol. The summed E-state index contributed by atoms with van der Waals surface area (Å²) >= 11 is 0.890. The number of aromatic carboxylic acids is 1. The SMILES string of the molecule is O=C(O)c1ccc(NSc2cc(-c3ccccc3)c(F)cc2F)cc1O. The zero-order valence-electron chi connectivity index (χ0n) is 13.2. The highest BCUT2D eigenvalue weighted by Crippen LogP contribution is 2.32. The van der Waals surface area contributed by atoms with Crippen LogP contribution in [0.25, 0.3) is 11.1 Å². The molecule has 0 radical (unpaired) electrons. The van der Waals surface area contributed by atoms with E-state index in [1.165, 1.54) is 24.3 Å². The molecule has 3 N–H and O–H groups in total. The van der Waals surface area contributed by atoms with Crippen LogP contribution in [0.1, 0.15) is 10.4 Å². The average Bonchev–Trinajstić information content (AvgIpc) is 2.61. The van der Waals surface area contributed by atoms with Crippen LogP contribution in [0.15, 0.2) is 65.6 Å². The summed E-state index contributed by atoms with van der Waals surface area (Å²) in [6, 6.07) is 14.9. The first-order chi connectivity index (χ1) is 12.5. The second-order valence-corrected chi connectivity index (χ2v) is 6.22. The van der Waals surface area contributed by atoms with Crippen molar-refractivity contribution in [1.82, 2.24) is 0 Å². The first kappa shape index (κ1) is 17.8. The van der Waals surface area contributed by atoms with Crippen molar-refractivity contribution in [3.8, 4) is 16.9 Å². The Morgan fingerprint density at radius 1 is 0.962 bits per heavy atom. The first-order valence-corrected chi connectivity index (χ1v) is 8.31. The highest BCUT2D eigenvalue weighted by molar-refractivity contribution is 8.00. The lowest BCUT2D eigenvalue weighted by Gasteiger charge is -2.10. The summed E-state index contributed by atoms with van der Waals surface area (Å²) in [6.07, 6.45) is 0. The van der Waals surface area contributed by atoms with E-state index in [4.69, 9.17) is 5.11 Å². The van der Waals surface area contributed by atoms with Crippen molar-refractivity contribution in [3.05, 3.63) is 77.9 Å². The first-order valence-electron chi connectivity index (χ1n) is 7.49. The van der Waals surface area contributed by atoms with Gasteiger partial charge in [0.05, 0.1) is 4.90 Å². The number of anilines is 1. The smallest absolute Gasteiger partial charge is 0.339 e. The Morgan fingerprint density at radius 3 is 2.35 bits per heavy atom. The normalized spacial score (nSPS) is 10.5. The van der Waals surface area contributed by atoms with Gasteiger partial charge in [-0.2, -0.15) is 0 Å². The number of nitrogens with one attached hydrogen (secondary N) is 1. The topological polar surface area (TPSA) is 69.6 Å². The van der Waals surface area contributed by atoms with Gasteiger partial charge in [0.25, 0.3) is 0 Å². The fourth-order valence-electron chi connectivity index (χ4n) is 2.34. The molecule has 0 aliphatic heterocycles. The second kappa shape index (κ2) is 7.45. The number of rotatable bonds is 5. The lowest BCUT2D eigenvalue weighted by Crippen LogP contribution is -1.97. The zero-order chi connectivity index (χ0) is 18.7. The minimum absolute atomic E-state index is 0.159. The molecule has 0 aliphatic carbocycles. The summed E-state index contributed by atoms with van der Waals surface area (Å²) in [6.45, 7) is 0. The molecule has 0 unspecified atom stereocenters. The van der Waals surface area contributed by atoms with E-state index in [9.17, 15) is 18.7 Å². The van der Waals surface area contributed by atoms with Crippen LogP contribution in [-0.2, 0) is 0 Å². The fourth-order valence-corrected chi connectivity index (χ4v) is 3.02. The standard InChI is InChI=1S/C19H13F2NO3S/c20-15-10-16(21)18(9-14(15)11-4-2-1-3-5-11)26-22-12-6-7-13(19(24)25)17(23)8-12/h1-10,22-23H,(H,24,25). The summed E-state index contributed by atoms with van der Waals surface area (Å²) in [4.78, 5) is 11.0. The minimum Gasteiger partial charge on any atom is -0.507 e. The molecule has 0 aliphatic rings. The molecule has 0 saturated carbocycles. The number of benzene rings is 3. The number of hydrogen-bond acceptors (Lipinski definition) is 4. The Labute approximate surface area is 152 Å². The van der Waals surface area contributed by atoms with Crippen LogP contribution in [0.4, 0.5) is 14.5 Å². The van der Waals surface area contributed by atoms with Crippen molar-refractivity contribution in [2.75, 3.05) is 4.72 Å². The summed E-state index contributed by atoms with van der Waals surface area (Å²) < 4.78 is 31.0. The molecule has 0 heterocycles. The third-order valence-electron chi connectivity index (χ3n) is 3.61.